The van der Waals surface area contributed by atoms with Gasteiger partial charge in [0.2, 0.25) is 6.79 Å². The predicted molar refractivity (Wildman–Crippen MR) is 90.8 cm³/mol. The molecule has 1 aliphatic heterocycles. The molecule has 1 N–H and O–H groups in total. The Labute approximate surface area is 140 Å². The average molecular weight is 325 g/mol. The molecule has 0 aromatic heterocycles. The Hall–Kier alpha value is -2.95. The lowest BCUT2D eigenvalue weighted by atomic mass is 10.2. The van der Waals surface area contributed by atoms with Crippen LogP contribution in [0.4, 0.5) is 4.79 Å². The van der Waals surface area contributed by atoms with Crippen molar-refractivity contribution in [2.45, 2.75) is 13.0 Å². The quantitative estimate of drug-likeness (QED) is 0.822. The summed E-state index contributed by atoms with van der Waals surface area (Å²) in [6.45, 7) is 1.08. The van der Waals surface area contributed by atoms with Gasteiger partial charge in [-0.1, -0.05) is 48.6 Å². The van der Waals surface area contributed by atoms with Gasteiger partial charge in [0.05, 0.1) is 0 Å². The Morgan fingerprint density at radius 1 is 1.12 bits per heavy atom. The maximum absolute atomic E-state index is 11.6. The van der Waals surface area contributed by atoms with Gasteiger partial charge in [0.1, 0.15) is 6.61 Å². The molecule has 0 unspecified atom stereocenters. The van der Waals surface area contributed by atoms with E-state index < -0.39 is 6.09 Å². The number of hydrogen-bond acceptors (Lipinski definition) is 4. The molecule has 1 amide bonds. The maximum Gasteiger partial charge on any atom is 0.407 e. The van der Waals surface area contributed by atoms with E-state index in [1.807, 2.05) is 60.7 Å². The third-order valence-corrected chi connectivity index (χ3v) is 3.50. The zero-order chi connectivity index (χ0) is 16.6. The highest BCUT2D eigenvalue weighted by molar-refractivity contribution is 5.67. The van der Waals surface area contributed by atoms with Crippen molar-refractivity contribution in [1.82, 2.24) is 5.32 Å². The van der Waals surface area contributed by atoms with E-state index in [0.717, 1.165) is 29.0 Å². The fourth-order valence-electron chi connectivity index (χ4n) is 2.27. The zero-order valence-electron chi connectivity index (χ0n) is 13.2. The van der Waals surface area contributed by atoms with Crippen LogP contribution >= 0.6 is 0 Å². The average Bonchev–Trinajstić information content (AvgIpc) is 3.08. The van der Waals surface area contributed by atoms with Gasteiger partial charge in [-0.05, 0) is 29.7 Å². The van der Waals surface area contributed by atoms with Crippen LogP contribution in [0.25, 0.3) is 6.08 Å². The van der Waals surface area contributed by atoms with Crippen molar-refractivity contribution in [2.75, 3.05) is 13.3 Å². The lowest BCUT2D eigenvalue weighted by Gasteiger charge is -2.05. The molecule has 24 heavy (non-hydrogen) atoms. The minimum Gasteiger partial charge on any atom is -0.454 e. The van der Waals surface area contributed by atoms with Crippen LogP contribution in [0.15, 0.2) is 54.6 Å². The number of alkyl carbamates (subject to hydrolysis) is 1. The summed E-state index contributed by atoms with van der Waals surface area (Å²) >= 11 is 0. The third-order valence-electron chi connectivity index (χ3n) is 3.50. The van der Waals surface area contributed by atoms with E-state index >= 15 is 0 Å². The molecule has 0 radical (unpaired) electrons. The molecule has 5 heteroatoms. The van der Waals surface area contributed by atoms with E-state index in [0.29, 0.717) is 6.54 Å². The van der Waals surface area contributed by atoms with Crippen LogP contribution in [0, 0.1) is 0 Å². The molecule has 2 aromatic carbocycles. The van der Waals surface area contributed by atoms with Crippen LogP contribution in [-0.2, 0) is 11.3 Å². The molecular formula is C19H19NO4. The molecule has 0 fully saturated rings. The van der Waals surface area contributed by atoms with E-state index in [2.05, 4.69) is 5.32 Å². The Bertz CT molecular complexity index is 713. The molecule has 0 atom stereocenters. The van der Waals surface area contributed by atoms with E-state index in [4.69, 9.17) is 14.2 Å². The van der Waals surface area contributed by atoms with Gasteiger partial charge < -0.3 is 19.5 Å². The van der Waals surface area contributed by atoms with Gasteiger partial charge in [-0.3, -0.25) is 0 Å². The molecule has 0 saturated heterocycles. The first-order valence-corrected chi connectivity index (χ1v) is 7.82. The smallest absolute Gasteiger partial charge is 0.407 e. The van der Waals surface area contributed by atoms with Gasteiger partial charge in [-0.2, -0.15) is 0 Å². The molecule has 0 bridgehead atoms. The number of nitrogens with one attached hydrogen (secondary N) is 1. The SMILES string of the molecule is O=C(NCCC=Cc1ccc2c(c1)OCO2)OCc1ccccc1. The highest BCUT2D eigenvalue weighted by atomic mass is 16.7. The molecule has 5 nitrogen and oxygen atoms in total. The van der Waals surface area contributed by atoms with Gasteiger partial charge in [0, 0.05) is 6.54 Å². The van der Waals surface area contributed by atoms with E-state index in [-0.39, 0.29) is 13.4 Å². The van der Waals surface area contributed by atoms with Crippen LogP contribution in [0.5, 0.6) is 11.5 Å². The zero-order valence-corrected chi connectivity index (χ0v) is 13.2. The summed E-state index contributed by atoms with van der Waals surface area (Å²) in [4.78, 5) is 11.6. The largest absolute Gasteiger partial charge is 0.454 e. The normalized spacial score (nSPS) is 12.3. The molecule has 0 saturated carbocycles. The number of fused-ring (bicyclic) bond motifs is 1. The summed E-state index contributed by atoms with van der Waals surface area (Å²) in [7, 11) is 0. The standard InChI is InChI=1S/C19H19NO4/c21-19(22-13-16-7-2-1-3-8-16)20-11-5-4-6-15-9-10-17-18(12-15)24-14-23-17/h1-4,6-10,12H,5,11,13-14H2,(H,20,21). The molecule has 3 rings (SSSR count). The van der Waals surface area contributed by atoms with Crippen LogP contribution in [-0.4, -0.2) is 19.4 Å². The van der Waals surface area contributed by atoms with Crippen LogP contribution in [0.1, 0.15) is 17.5 Å². The second-order valence-corrected chi connectivity index (χ2v) is 5.29. The fraction of sp³-hybridized carbons (Fsp3) is 0.211. The number of benzene rings is 2. The second kappa shape index (κ2) is 8.06. The summed E-state index contributed by atoms with van der Waals surface area (Å²) in [6, 6.07) is 15.4. The summed E-state index contributed by atoms with van der Waals surface area (Å²) < 4.78 is 15.7. The van der Waals surface area contributed by atoms with Crippen molar-refractivity contribution < 1.29 is 19.0 Å². The molecule has 0 aliphatic carbocycles. The summed E-state index contributed by atoms with van der Waals surface area (Å²) in [5, 5.41) is 2.72. The first-order valence-electron chi connectivity index (χ1n) is 7.82. The van der Waals surface area contributed by atoms with Crippen molar-refractivity contribution in [2.24, 2.45) is 0 Å². The molecule has 1 aliphatic rings. The van der Waals surface area contributed by atoms with Crippen molar-refractivity contribution in [3.05, 3.63) is 65.7 Å². The fourth-order valence-corrected chi connectivity index (χ4v) is 2.27. The Balaban J connectivity index is 1.35. The minimum atomic E-state index is -0.407. The van der Waals surface area contributed by atoms with Gasteiger partial charge in [0.25, 0.3) is 0 Å². The van der Waals surface area contributed by atoms with E-state index in [1.54, 1.807) is 0 Å². The molecule has 124 valence electrons. The second-order valence-electron chi connectivity index (χ2n) is 5.29. The minimum absolute atomic E-state index is 0.275. The first-order chi connectivity index (χ1) is 11.8. The number of hydrogen-bond donors (Lipinski definition) is 1. The molecular weight excluding hydrogens is 306 g/mol. The topological polar surface area (TPSA) is 56.8 Å². The summed E-state index contributed by atoms with van der Waals surface area (Å²) in [5.74, 6) is 1.54. The molecule has 1 heterocycles. The molecule has 0 spiro atoms. The van der Waals surface area contributed by atoms with Gasteiger partial charge in [-0.25, -0.2) is 4.79 Å². The number of carbonyl (C=O) groups excluding carboxylic acids is 1. The Morgan fingerprint density at radius 2 is 1.96 bits per heavy atom. The lowest BCUT2D eigenvalue weighted by molar-refractivity contribution is 0.140. The monoisotopic (exact) mass is 325 g/mol. The summed E-state index contributed by atoms with van der Waals surface area (Å²) in [6.07, 6.45) is 4.29. The van der Waals surface area contributed by atoms with Gasteiger partial charge >= 0.3 is 6.09 Å². The molecule has 2 aromatic rings. The van der Waals surface area contributed by atoms with Gasteiger partial charge in [-0.15, -0.1) is 0 Å². The van der Waals surface area contributed by atoms with Crippen molar-refractivity contribution in [1.29, 1.82) is 0 Å². The number of amides is 1. The van der Waals surface area contributed by atoms with Crippen LogP contribution < -0.4 is 14.8 Å². The number of carbonyl (C=O) groups is 1. The van der Waals surface area contributed by atoms with Crippen molar-refractivity contribution in [3.63, 3.8) is 0 Å². The lowest BCUT2D eigenvalue weighted by Crippen LogP contribution is -2.24. The van der Waals surface area contributed by atoms with Crippen molar-refractivity contribution in [3.8, 4) is 11.5 Å². The summed E-state index contributed by atoms with van der Waals surface area (Å²) in [5.41, 5.74) is 2.00. The highest BCUT2D eigenvalue weighted by Gasteiger charge is 2.11. The Morgan fingerprint density at radius 3 is 2.83 bits per heavy atom. The van der Waals surface area contributed by atoms with Crippen LogP contribution in [0.2, 0.25) is 0 Å². The van der Waals surface area contributed by atoms with Crippen LogP contribution in [0.3, 0.4) is 0 Å². The number of rotatable bonds is 6. The van der Waals surface area contributed by atoms with Gasteiger partial charge in [0.15, 0.2) is 11.5 Å². The first kappa shape index (κ1) is 15.9. The highest BCUT2D eigenvalue weighted by Crippen LogP contribution is 2.32. The third kappa shape index (κ3) is 4.52. The van der Waals surface area contributed by atoms with E-state index in [1.165, 1.54) is 0 Å². The van der Waals surface area contributed by atoms with Crippen molar-refractivity contribution >= 4 is 12.2 Å². The Kier molecular flexibility index (Phi) is 5.35. The predicted octanol–water partition coefficient (Wildman–Crippen LogP) is 3.75. The van der Waals surface area contributed by atoms with E-state index in [9.17, 15) is 4.79 Å². The number of ether oxygens (including phenoxy) is 3. The maximum atomic E-state index is 11.6.